The maximum atomic E-state index is 14.4. The third-order valence-electron chi connectivity index (χ3n) is 5.38. The Hall–Kier alpha value is -2.35. The van der Waals surface area contributed by atoms with E-state index in [4.69, 9.17) is 4.52 Å². The fourth-order valence-corrected chi connectivity index (χ4v) is 3.75. The van der Waals surface area contributed by atoms with E-state index in [2.05, 4.69) is 34.0 Å². The Labute approximate surface area is 156 Å². The first-order chi connectivity index (χ1) is 13.0. The molecule has 0 amide bonds. The molecule has 144 valence electrons. The lowest BCUT2D eigenvalue weighted by Gasteiger charge is -2.33. The van der Waals surface area contributed by atoms with E-state index >= 15 is 0 Å². The van der Waals surface area contributed by atoms with E-state index in [0.717, 1.165) is 32.0 Å². The maximum Gasteiger partial charge on any atom is 0.291 e. The average Bonchev–Trinajstić information content (AvgIpc) is 3.29. The van der Waals surface area contributed by atoms with Crippen molar-refractivity contribution in [2.45, 2.75) is 52.0 Å². The Morgan fingerprint density at radius 3 is 2.63 bits per heavy atom. The first kappa shape index (κ1) is 18.0. The molecule has 27 heavy (non-hydrogen) atoms. The number of fused-ring (bicyclic) bond motifs is 1. The standard InChI is InChI=1S/C19H23F2N5O/c1-4-15-13-5-6-14(20)16(21)17(13)26(23-15)19-22-18(27-24-19)12-7-9-25(10-8-12)11(2)3/h5-6,11-12H,4,7-10H2,1-3H3. The lowest BCUT2D eigenvalue weighted by molar-refractivity contribution is 0.160. The summed E-state index contributed by atoms with van der Waals surface area (Å²) in [5.41, 5.74) is 0.717. The molecule has 8 heteroatoms. The topological polar surface area (TPSA) is 60.0 Å². The lowest BCUT2D eigenvalue weighted by atomic mass is 9.96. The molecular formula is C19H23F2N5O. The van der Waals surface area contributed by atoms with Gasteiger partial charge in [0.15, 0.2) is 11.6 Å². The monoisotopic (exact) mass is 375 g/mol. The highest BCUT2D eigenvalue weighted by Gasteiger charge is 2.27. The SMILES string of the molecule is CCc1nn(-c2noc(C3CCN(C(C)C)CC3)n2)c2c(F)c(F)ccc12. The molecule has 2 aromatic heterocycles. The predicted molar refractivity (Wildman–Crippen MR) is 96.9 cm³/mol. The summed E-state index contributed by atoms with van der Waals surface area (Å²) in [7, 11) is 0. The minimum Gasteiger partial charge on any atom is -0.337 e. The molecule has 4 rings (SSSR count). The van der Waals surface area contributed by atoms with Gasteiger partial charge in [0.05, 0.1) is 5.69 Å². The molecule has 0 saturated carbocycles. The first-order valence-electron chi connectivity index (χ1n) is 9.43. The third-order valence-corrected chi connectivity index (χ3v) is 5.38. The Bertz CT molecular complexity index is 957. The second-order valence-corrected chi connectivity index (χ2v) is 7.31. The van der Waals surface area contributed by atoms with Gasteiger partial charge in [-0.3, -0.25) is 0 Å². The fraction of sp³-hybridized carbons (Fsp3) is 0.526. The highest BCUT2D eigenvalue weighted by Crippen LogP contribution is 2.30. The van der Waals surface area contributed by atoms with Gasteiger partial charge in [-0.2, -0.15) is 14.8 Å². The van der Waals surface area contributed by atoms with Crippen LogP contribution in [0.4, 0.5) is 8.78 Å². The van der Waals surface area contributed by atoms with Gasteiger partial charge in [0.25, 0.3) is 5.95 Å². The summed E-state index contributed by atoms with van der Waals surface area (Å²) in [6, 6.07) is 3.18. The van der Waals surface area contributed by atoms with Gasteiger partial charge in [0, 0.05) is 17.3 Å². The summed E-state index contributed by atoms with van der Waals surface area (Å²) in [5, 5.41) is 8.95. The summed E-state index contributed by atoms with van der Waals surface area (Å²) in [4.78, 5) is 6.87. The van der Waals surface area contributed by atoms with Crippen LogP contribution < -0.4 is 0 Å². The van der Waals surface area contributed by atoms with Gasteiger partial charge in [-0.1, -0.05) is 6.92 Å². The second-order valence-electron chi connectivity index (χ2n) is 7.31. The molecule has 1 aliphatic heterocycles. The quantitative estimate of drug-likeness (QED) is 0.693. The van der Waals surface area contributed by atoms with Crippen LogP contribution >= 0.6 is 0 Å². The Morgan fingerprint density at radius 2 is 1.96 bits per heavy atom. The van der Waals surface area contributed by atoms with Gasteiger partial charge in [0.2, 0.25) is 5.89 Å². The van der Waals surface area contributed by atoms with Crippen molar-refractivity contribution in [1.29, 1.82) is 0 Å². The minimum absolute atomic E-state index is 0.0498. The van der Waals surface area contributed by atoms with Crippen molar-refractivity contribution in [2.24, 2.45) is 0 Å². The van der Waals surface area contributed by atoms with Crippen molar-refractivity contribution in [3.63, 3.8) is 0 Å². The number of halogens is 2. The van der Waals surface area contributed by atoms with Gasteiger partial charge >= 0.3 is 0 Å². The predicted octanol–water partition coefficient (Wildman–Crippen LogP) is 3.84. The summed E-state index contributed by atoms with van der Waals surface area (Å²) in [6.45, 7) is 8.24. The van der Waals surface area contributed by atoms with Crippen molar-refractivity contribution in [2.75, 3.05) is 13.1 Å². The van der Waals surface area contributed by atoms with Gasteiger partial charge in [0.1, 0.15) is 5.52 Å². The average molecular weight is 375 g/mol. The van der Waals surface area contributed by atoms with Gasteiger partial charge < -0.3 is 9.42 Å². The van der Waals surface area contributed by atoms with E-state index < -0.39 is 11.6 Å². The molecule has 0 N–H and O–H groups in total. The van der Waals surface area contributed by atoms with Gasteiger partial charge in [-0.25, -0.2) is 8.78 Å². The smallest absolute Gasteiger partial charge is 0.291 e. The third kappa shape index (κ3) is 3.12. The van der Waals surface area contributed by atoms with Crippen LogP contribution in [0.5, 0.6) is 0 Å². The van der Waals surface area contributed by atoms with Crippen molar-refractivity contribution >= 4 is 10.9 Å². The molecule has 0 atom stereocenters. The van der Waals surface area contributed by atoms with E-state index in [9.17, 15) is 8.78 Å². The highest BCUT2D eigenvalue weighted by atomic mass is 19.2. The highest BCUT2D eigenvalue weighted by molar-refractivity contribution is 5.83. The second kappa shape index (κ2) is 6.99. The Morgan fingerprint density at radius 1 is 1.22 bits per heavy atom. The fourth-order valence-electron chi connectivity index (χ4n) is 3.75. The zero-order valence-electron chi connectivity index (χ0n) is 15.7. The number of likely N-dealkylation sites (tertiary alicyclic amines) is 1. The molecule has 0 radical (unpaired) electrons. The number of aryl methyl sites for hydroxylation is 1. The molecule has 1 saturated heterocycles. The zero-order valence-corrected chi connectivity index (χ0v) is 15.7. The van der Waals surface area contributed by atoms with Gasteiger partial charge in [-0.15, -0.1) is 0 Å². The van der Waals surface area contributed by atoms with E-state index in [1.807, 2.05) is 6.92 Å². The summed E-state index contributed by atoms with van der Waals surface area (Å²) < 4.78 is 34.9. The zero-order chi connectivity index (χ0) is 19.1. The number of hydrogen-bond donors (Lipinski definition) is 0. The molecule has 3 aromatic rings. The van der Waals surface area contributed by atoms with Crippen LogP contribution in [0.15, 0.2) is 16.7 Å². The van der Waals surface area contributed by atoms with E-state index in [-0.39, 0.29) is 17.4 Å². The van der Waals surface area contributed by atoms with Crippen molar-refractivity contribution in [1.82, 2.24) is 24.8 Å². The normalized spacial score (nSPS) is 16.7. The molecule has 0 unspecified atom stereocenters. The first-order valence-corrected chi connectivity index (χ1v) is 9.43. The Kier molecular flexibility index (Phi) is 4.67. The number of rotatable bonds is 4. The van der Waals surface area contributed by atoms with E-state index in [0.29, 0.717) is 29.4 Å². The summed E-state index contributed by atoms with van der Waals surface area (Å²) >= 11 is 0. The summed E-state index contributed by atoms with van der Waals surface area (Å²) in [5.74, 6) is -1.01. The minimum atomic E-state index is -0.948. The van der Waals surface area contributed by atoms with Crippen LogP contribution in [0.2, 0.25) is 0 Å². The molecule has 1 aromatic carbocycles. The number of nitrogens with zero attached hydrogens (tertiary/aromatic N) is 5. The lowest BCUT2D eigenvalue weighted by Crippen LogP contribution is -2.37. The summed E-state index contributed by atoms with van der Waals surface area (Å²) in [6.07, 6.45) is 2.46. The van der Waals surface area contributed by atoms with E-state index in [1.54, 1.807) is 6.07 Å². The molecule has 1 aliphatic rings. The van der Waals surface area contributed by atoms with Crippen LogP contribution in [0.1, 0.15) is 51.1 Å². The number of benzene rings is 1. The molecule has 0 aliphatic carbocycles. The van der Waals surface area contributed by atoms with Crippen molar-refractivity contribution in [3.8, 4) is 5.95 Å². The molecule has 0 spiro atoms. The van der Waals surface area contributed by atoms with Crippen molar-refractivity contribution < 1.29 is 13.3 Å². The molecular weight excluding hydrogens is 352 g/mol. The largest absolute Gasteiger partial charge is 0.337 e. The van der Waals surface area contributed by atoms with Crippen LogP contribution in [0.25, 0.3) is 16.9 Å². The Balaban J connectivity index is 1.67. The molecule has 1 fully saturated rings. The molecule has 3 heterocycles. The van der Waals surface area contributed by atoms with Crippen LogP contribution in [0.3, 0.4) is 0 Å². The van der Waals surface area contributed by atoms with Gasteiger partial charge in [-0.05, 0) is 63.5 Å². The number of piperidine rings is 1. The molecule has 6 nitrogen and oxygen atoms in total. The van der Waals surface area contributed by atoms with Crippen LogP contribution in [0, 0.1) is 11.6 Å². The van der Waals surface area contributed by atoms with E-state index in [1.165, 1.54) is 4.68 Å². The number of aromatic nitrogens is 4. The molecule has 0 bridgehead atoms. The van der Waals surface area contributed by atoms with Crippen LogP contribution in [-0.2, 0) is 6.42 Å². The number of hydrogen-bond acceptors (Lipinski definition) is 5. The van der Waals surface area contributed by atoms with Crippen LogP contribution in [-0.4, -0.2) is 44.0 Å². The maximum absolute atomic E-state index is 14.4. The van der Waals surface area contributed by atoms with Crippen molar-refractivity contribution in [3.05, 3.63) is 35.4 Å².